The zero-order chi connectivity index (χ0) is 10.6. The molecule has 0 aromatic carbocycles. The van der Waals surface area contributed by atoms with Crippen LogP contribution < -0.4 is 0 Å². The Bertz CT molecular complexity index is 166. The molecule has 14 heavy (non-hydrogen) atoms. The van der Waals surface area contributed by atoms with Gasteiger partial charge in [-0.1, -0.05) is 0 Å². The number of likely N-dealkylation sites (N-methyl/N-ethyl adjacent to an activating group) is 1. The Labute approximate surface area is 91.6 Å². The van der Waals surface area contributed by atoms with Gasteiger partial charge in [-0.3, -0.25) is 4.90 Å². The summed E-state index contributed by atoms with van der Waals surface area (Å²) in [5, 5.41) is 9.45. The van der Waals surface area contributed by atoms with Gasteiger partial charge in [-0.05, 0) is 33.5 Å². The second-order valence-corrected chi connectivity index (χ2v) is 4.64. The van der Waals surface area contributed by atoms with Crippen molar-refractivity contribution in [3.05, 3.63) is 0 Å². The second kappa shape index (κ2) is 5.91. The highest BCUT2D eigenvalue weighted by atomic mass is 35.5. The number of piperidine rings is 1. The minimum absolute atomic E-state index is 0.336. The minimum atomic E-state index is -0.377. The first kappa shape index (κ1) is 12.2. The first-order valence-electron chi connectivity index (χ1n) is 5.26. The van der Waals surface area contributed by atoms with E-state index in [9.17, 15) is 5.11 Å². The fourth-order valence-electron chi connectivity index (χ4n) is 1.97. The van der Waals surface area contributed by atoms with Crippen LogP contribution in [0, 0.1) is 0 Å². The van der Waals surface area contributed by atoms with Gasteiger partial charge in [-0.2, -0.15) is 0 Å². The van der Waals surface area contributed by atoms with Crippen molar-refractivity contribution in [2.45, 2.75) is 25.0 Å². The lowest BCUT2D eigenvalue weighted by Crippen LogP contribution is -2.47. The van der Waals surface area contributed by atoms with Crippen LogP contribution in [0.2, 0.25) is 0 Å². The van der Waals surface area contributed by atoms with E-state index in [0.717, 1.165) is 13.1 Å². The third kappa shape index (κ3) is 3.73. The number of β-amino-alcohol motifs (C(OH)–C–C–N with tert-alkyl or cyclic N) is 1. The van der Waals surface area contributed by atoms with Crippen LogP contribution in [0.4, 0.5) is 0 Å². The van der Waals surface area contributed by atoms with Crippen LogP contribution in [0.15, 0.2) is 0 Å². The zero-order valence-electron chi connectivity index (χ0n) is 9.12. The molecule has 84 valence electrons. The van der Waals surface area contributed by atoms with Crippen LogP contribution in [0.25, 0.3) is 0 Å². The van der Waals surface area contributed by atoms with Crippen LogP contribution in [0.1, 0.15) is 12.8 Å². The maximum absolute atomic E-state index is 9.45. The second-order valence-electron chi connectivity index (χ2n) is 4.33. The van der Waals surface area contributed by atoms with Gasteiger partial charge in [0.2, 0.25) is 0 Å². The molecule has 3 nitrogen and oxygen atoms in total. The summed E-state index contributed by atoms with van der Waals surface area (Å²) in [6.45, 7) is 2.87. The summed E-state index contributed by atoms with van der Waals surface area (Å²) in [4.78, 5) is 4.57. The van der Waals surface area contributed by atoms with Crippen molar-refractivity contribution in [1.29, 1.82) is 0 Å². The molecule has 0 amide bonds. The smallest absolute Gasteiger partial charge is 0.0802 e. The third-order valence-corrected chi connectivity index (χ3v) is 3.21. The van der Waals surface area contributed by atoms with E-state index >= 15 is 0 Å². The first-order valence-corrected chi connectivity index (χ1v) is 5.79. The van der Waals surface area contributed by atoms with Gasteiger partial charge in [-0.15, -0.1) is 11.6 Å². The van der Waals surface area contributed by atoms with Crippen LogP contribution in [0.3, 0.4) is 0 Å². The number of halogens is 1. The van der Waals surface area contributed by atoms with E-state index in [2.05, 4.69) is 23.9 Å². The SMILES string of the molecule is CN(C)C1CCCN(CC(O)CCl)C1. The number of likely N-dealkylation sites (tertiary alicyclic amines) is 1. The van der Waals surface area contributed by atoms with Crippen molar-refractivity contribution < 1.29 is 5.11 Å². The van der Waals surface area contributed by atoms with Crippen molar-refractivity contribution in [2.24, 2.45) is 0 Å². The molecule has 1 heterocycles. The van der Waals surface area contributed by atoms with E-state index < -0.39 is 0 Å². The first-order chi connectivity index (χ1) is 6.63. The molecule has 1 saturated heterocycles. The highest BCUT2D eigenvalue weighted by Crippen LogP contribution is 2.13. The molecule has 0 aromatic heterocycles. The van der Waals surface area contributed by atoms with E-state index in [1.807, 2.05) is 0 Å². The topological polar surface area (TPSA) is 26.7 Å². The lowest BCUT2D eigenvalue weighted by atomic mass is 10.0. The number of rotatable bonds is 4. The van der Waals surface area contributed by atoms with Crippen molar-refractivity contribution in [3.8, 4) is 0 Å². The Morgan fingerprint density at radius 3 is 2.86 bits per heavy atom. The third-order valence-electron chi connectivity index (χ3n) is 2.86. The number of aliphatic hydroxyl groups excluding tert-OH is 1. The molecule has 0 aliphatic carbocycles. The van der Waals surface area contributed by atoms with Gasteiger partial charge in [0, 0.05) is 25.0 Å². The molecule has 2 unspecified atom stereocenters. The minimum Gasteiger partial charge on any atom is -0.391 e. The predicted molar refractivity (Wildman–Crippen MR) is 59.9 cm³/mol. The number of hydrogen-bond donors (Lipinski definition) is 1. The maximum Gasteiger partial charge on any atom is 0.0802 e. The molecule has 1 aliphatic rings. The molecule has 0 saturated carbocycles. The van der Waals surface area contributed by atoms with Gasteiger partial charge in [-0.25, -0.2) is 0 Å². The molecular formula is C10H21ClN2O. The maximum atomic E-state index is 9.45. The van der Waals surface area contributed by atoms with Crippen molar-refractivity contribution in [1.82, 2.24) is 9.80 Å². The summed E-state index contributed by atoms with van der Waals surface area (Å²) in [6.07, 6.45) is 2.11. The standard InChI is InChI=1S/C10H21ClN2O/c1-12(2)9-4-3-5-13(7-9)8-10(14)6-11/h9-10,14H,3-8H2,1-2H3. The van der Waals surface area contributed by atoms with Crippen molar-refractivity contribution in [2.75, 3.05) is 39.6 Å². The summed E-state index contributed by atoms with van der Waals surface area (Å²) in [7, 11) is 4.23. The van der Waals surface area contributed by atoms with Crippen LogP contribution in [-0.2, 0) is 0 Å². The predicted octanol–water partition coefficient (Wildman–Crippen LogP) is 0.612. The van der Waals surface area contributed by atoms with Gasteiger partial charge >= 0.3 is 0 Å². The van der Waals surface area contributed by atoms with Gasteiger partial charge < -0.3 is 10.0 Å². The monoisotopic (exact) mass is 220 g/mol. The molecule has 1 rings (SSSR count). The molecular weight excluding hydrogens is 200 g/mol. The number of alkyl halides is 1. The number of hydrogen-bond acceptors (Lipinski definition) is 3. The van der Waals surface area contributed by atoms with E-state index in [1.165, 1.54) is 12.8 Å². The summed E-state index contributed by atoms with van der Waals surface area (Å²) in [5.41, 5.74) is 0. The average molecular weight is 221 g/mol. The van der Waals surface area contributed by atoms with E-state index in [0.29, 0.717) is 18.5 Å². The Morgan fingerprint density at radius 2 is 2.29 bits per heavy atom. The molecule has 0 bridgehead atoms. The Hall–Kier alpha value is 0.170. The molecule has 0 radical (unpaired) electrons. The average Bonchev–Trinajstić information content (AvgIpc) is 2.18. The zero-order valence-corrected chi connectivity index (χ0v) is 9.87. The molecule has 0 aromatic rings. The Kier molecular flexibility index (Phi) is 5.17. The molecule has 4 heteroatoms. The van der Waals surface area contributed by atoms with E-state index in [1.54, 1.807) is 0 Å². The van der Waals surface area contributed by atoms with Crippen molar-refractivity contribution >= 4 is 11.6 Å². The largest absolute Gasteiger partial charge is 0.391 e. The number of aliphatic hydroxyl groups is 1. The van der Waals surface area contributed by atoms with Crippen LogP contribution in [0.5, 0.6) is 0 Å². The van der Waals surface area contributed by atoms with Gasteiger partial charge in [0.05, 0.1) is 6.10 Å². The summed E-state index contributed by atoms with van der Waals surface area (Å²) >= 11 is 5.58. The fraction of sp³-hybridized carbons (Fsp3) is 1.00. The highest BCUT2D eigenvalue weighted by molar-refractivity contribution is 6.18. The lowest BCUT2D eigenvalue weighted by molar-refractivity contribution is 0.0819. The molecule has 1 aliphatic heterocycles. The van der Waals surface area contributed by atoms with Gasteiger partial charge in [0.25, 0.3) is 0 Å². The number of nitrogens with zero attached hydrogens (tertiary/aromatic N) is 2. The van der Waals surface area contributed by atoms with Gasteiger partial charge in [0.1, 0.15) is 0 Å². The molecule has 1 fully saturated rings. The quantitative estimate of drug-likeness (QED) is 0.704. The van der Waals surface area contributed by atoms with Crippen molar-refractivity contribution in [3.63, 3.8) is 0 Å². The van der Waals surface area contributed by atoms with Crippen LogP contribution in [-0.4, -0.2) is 66.7 Å². The van der Waals surface area contributed by atoms with Crippen LogP contribution >= 0.6 is 11.6 Å². The molecule has 0 spiro atoms. The van der Waals surface area contributed by atoms with E-state index in [4.69, 9.17) is 11.6 Å². The Morgan fingerprint density at radius 1 is 1.57 bits per heavy atom. The molecule has 2 atom stereocenters. The lowest BCUT2D eigenvalue weighted by Gasteiger charge is -2.36. The normalized spacial score (nSPS) is 26.8. The highest BCUT2D eigenvalue weighted by Gasteiger charge is 2.22. The summed E-state index contributed by atoms with van der Waals surface area (Å²) in [5.74, 6) is 0.336. The summed E-state index contributed by atoms with van der Waals surface area (Å²) in [6, 6.07) is 0.631. The molecule has 1 N–H and O–H groups in total. The Balaban J connectivity index is 2.32. The fourth-order valence-corrected chi connectivity index (χ4v) is 2.06. The summed E-state index contributed by atoms with van der Waals surface area (Å²) < 4.78 is 0. The van der Waals surface area contributed by atoms with E-state index in [-0.39, 0.29) is 6.10 Å². The van der Waals surface area contributed by atoms with Gasteiger partial charge in [0.15, 0.2) is 0 Å².